The van der Waals surface area contributed by atoms with Crippen molar-refractivity contribution in [3.8, 4) is 0 Å². The van der Waals surface area contributed by atoms with Crippen molar-refractivity contribution in [3.05, 3.63) is 77.0 Å². The van der Waals surface area contributed by atoms with Crippen LogP contribution in [0.25, 0.3) is 10.9 Å². The van der Waals surface area contributed by atoms with Gasteiger partial charge < -0.3 is 4.74 Å². The molecule has 2 aromatic carbocycles. The van der Waals surface area contributed by atoms with Gasteiger partial charge in [-0.1, -0.05) is 17.7 Å². The van der Waals surface area contributed by atoms with E-state index in [0.717, 1.165) is 23.1 Å². The van der Waals surface area contributed by atoms with Crippen LogP contribution in [0.2, 0.25) is 0 Å². The quantitative estimate of drug-likeness (QED) is 0.500. The number of aryl methyl sites for hydroxylation is 1. The molecule has 1 saturated heterocycles. The van der Waals surface area contributed by atoms with Gasteiger partial charge in [-0.15, -0.1) is 0 Å². The number of hydrogen-bond acceptors (Lipinski definition) is 2. The van der Waals surface area contributed by atoms with E-state index in [1.54, 1.807) is 18.2 Å². The van der Waals surface area contributed by atoms with Gasteiger partial charge in [0.25, 0.3) is 0 Å². The lowest BCUT2D eigenvalue weighted by Gasteiger charge is -2.24. The summed E-state index contributed by atoms with van der Waals surface area (Å²) in [6.07, 6.45) is 0. The Morgan fingerprint density at radius 1 is 1.04 bits per heavy atom. The third kappa shape index (κ3) is 2.40. The molecule has 4 rings (SSSR count). The molecule has 1 aliphatic heterocycles. The van der Waals surface area contributed by atoms with Crippen LogP contribution in [0.1, 0.15) is 16.8 Å². The molecule has 0 bridgehead atoms. The Morgan fingerprint density at radius 2 is 1.80 bits per heavy atom. The van der Waals surface area contributed by atoms with Crippen molar-refractivity contribution in [2.45, 2.75) is 18.4 Å². The third-order valence-electron chi connectivity index (χ3n) is 4.47. The average Bonchev–Trinajstić information content (AvgIpc) is 3.36. The first-order valence-corrected chi connectivity index (χ1v) is 7.69. The van der Waals surface area contributed by atoms with Crippen molar-refractivity contribution in [2.75, 3.05) is 6.61 Å². The van der Waals surface area contributed by atoms with Crippen LogP contribution in [-0.4, -0.2) is 11.6 Å². The maximum Gasteiger partial charge on any atom is 0.324 e. The van der Waals surface area contributed by atoms with Crippen molar-refractivity contribution in [1.29, 1.82) is 0 Å². The van der Waals surface area contributed by atoms with Crippen LogP contribution in [0.5, 0.6) is 0 Å². The normalized spacial score (nSPS) is 20.0. The number of epoxide rings is 1. The SMILES string of the molecule is Cc1ccc2nc(C(F)(F)C3(c4ccc(F)cc4F)CO3)ccc2c1. The second-order valence-corrected chi connectivity index (χ2v) is 6.21. The molecule has 2 heterocycles. The zero-order valence-corrected chi connectivity index (χ0v) is 13.2. The predicted octanol–water partition coefficient (Wildman–Crippen LogP) is 4.84. The molecular weight excluding hydrogens is 334 g/mol. The maximum atomic E-state index is 15.1. The lowest BCUT2D eigenvalue weighted by molar-refractivity contribution is -0.0899. The molecule has 1 unspecified atom stereocenters. The van der Waals surface area contributed by atoms with Crippen molar-refractivity contribution in [2.24, 2.45) is 0 Å². The number of benzene rings is 2. The van der Waals surface area contributed by atoms with E-state index in [9.17, 15) is 8.78 Å². The zero-order chi connectivity index (χ0) is 17.8. The number of hydrogen-bond donors (Lipinski definition) is 0. The van der Waals surface area contributed by atoms with Crippen molar-refractivity contribution in [1.82, 2.24) is 4.98 Å². The molecular formula is C19H13F4NO. The molecule has 0 saturated carbocycles. The Bertz CT molecular complexity index is 982. The first-order chi connectivity index (χ1) is 11.8. The minimum absolute atomic E-state index is 0.365. The van der Waals surface area contributed by atoms with Crippen LogP contribution >= 0.6 is 0 Å². The Morgan fingerprint density at radius 3 is 2.48 bits per heavy atom. The molecule has 128 valence electrons. The fourth-order valence-electron chi connectivity index (χ4n) is 3.02. The second-order valence-electron chi connectivity index (χ2n) is 6.21. The number of ether oxygens (including phenoxy) is 1. The van der Waals surface area contributed by atoms with Crippen LogP contribution in [0, 0.1) is 18.6 Å². The summed E-state index contributed by atoms with van der Waals surface area (Å²) in [7, 11) is 0. The molecule has 0 aliphatic carbocycles. The summed E-state index contributed by atoms with van der Waals surface area (Å²) in [6, 6.07) is 10.6. The van der Waals surface area contributed by atoms with Gasteiger partial charge in [-0.25, -0.2) is 13.8 Å². The Balaban J connectivity index is 1.82. The van der Waals surface area contributed by atoms with Crippen LogP contribution in [-0.2, 0) is 16.3 Å². The number of halogens is 4. The van der Waals surface area contributed by atoms with E-state index in [2.05, 4.69) is 4.98 Å². The lowest BCUT2D eigenvalue weighted by atomic mass is 9.90. The molecule has 0 N–H and O–H groups in total. The van der Waals surface area contributed by atoms with Gasteiger partial charge in [0.1, 0.15) is 17.3 Å². The van der Waals surface area contributed by atoms with E-state index >= 15 is 8.78 Å². The van der Waals surface area contributed by atoms with E-state index in [1.165, 1.54) is 6.07 Å². The Hall–Kier alpha value is -2.47. The number of nitrogens with zero attached hydrogens (tertiary/aromatic N) is 1. The van der Waals surface area contributed by atoms with E-state index in [0.29, 0.717) is 11.6 Å². The number of pyridine rings is 1. The summed E-state index contributed by atoms with van der Waals surface area (Å²) in [5, 5.41) is 0.735. The maximum absolute atomic E-state index is 15.1. The Kier molecular flexibility index (Phi) is 3.37. The minimum Gasteiger partial charge on any atom is -0.357 e. The molecule has 3 aromatic rings. The van der Waals surface area contributed by atoms with E-state index in [1.807, 2.05) is 13.0 Å². The van der Waals surface area contributed by atoms with E-state index in [4.69, 9.17) is 4.74 Å². The third-order valence-corrected chi connectivity index (χ3v) is 4.47. The van der Waals surface area contributed by atoms with Gasteiger partial charge in [0.05, 0.1) is 12.1 Å². The lowest BCUT2D eigenvalue weighted by Crippen LogP contribution is -2.34. The molecule has 1 fully saturated rings. The molecule has 0 spiro atoms. The summed E-state index contributed by atoms with van der Waals surface area (Å²) in [6.45, 7) is 1.53. The fourth-order valence-corrected chi connectivity index (χ4v) is 3.02. The van der Waals surface area contributed by atoms with Gasteiger partial charge in [0, 0.05) is 17.0 Å². The average molecular weight is 347 g/mol. The molecule has 0 radical (unpaired) electrons. The highest BCUT2D eigenvalue weighted by Crippen LogP contribution is 2.56. The topological polar surface area (TPSA) is 25.4 Å². The van der Waals surface area contributed by atoms with Crippen molar-refractivity contribution < 1.29 is 22.3 Å². The molecule has 0 amide bonds. The van der Waals surface area contributed by atoms with Crippen molar-refractivity contribution >= 4 is 10.9 Å². The fraction of sp³-hybridized carbons (Fsp3) is 0.211. The molecule has 1 atom stereocenters. The van der Waals surface area contributed by atoms with E-state index in [-0.39, 0.29) is 12.2 Å². The number of aromatic nitrogens is 1. The smallest absolute Gasteiger partial charge is 0.324 e. The van der Waals surface area contributed by atoms with Gasteiger partial charge >= 0.3 is 5.92 Å². The number of fused-ring (bicyclic) bond motifs is 1. The van der Waals surface area contributed by atoms with Crippen LogP contribution in [0.3, 0.4) is 0 Å². The summed E-state index contributed by atoms with van der Waals surface area (Å²) in [4.78, 5) is 4.04. The molecule has 1 aliphatic rings. The first kappa shape index (κ1) is 16.0. The number of alkyl halides is 2. The van der Waals surface area contributed by atoms with Gasteiger partial charge in [0.2, 0.25) is 0 Å². The first-order valence-electron chi connectivity index (χ1n) is 7.69. The van der Waals surface area contributed by atoms with Gasteiger partial charge in [-0.2, -0.15) is 8.78 Å². The molecule has 2 nitrogen and oxygen atoms in total. The Labute approximate surface area is 141 Å². The van der Waals surface area contributed by atoms with Crippen LogP contribution < -0.4 is 0 Å². The second kappa shape index (κ2) is 5.26. The highest BCUT2D eigenvalue weighted by Gasteiger charge is 2.68. The van der Waals surface area contributed by atoms with Crippen LogP contribution in [0.15, 0.2) is 48.5 Å². The predicted molar refractivity (Wildman–Crippen MR) is 84.4 cm³/mol. The molecule has 25 heavy (non-hydrogen) atoms. The monoisotopic (exact) mass is 347 g/mol. The largest absolute Gasteiger partial charge is 0.357 e. The van der Waals surface area contributed by atoms with Gasteiger partial charge in [-0.3, -0.25) is 0 Å². The molecule has 1 aromatic heterocycles. The summed E-state index contributed by atoms with van der Waals surface area (Å²) in [5.74, 6) is -5.46. The zero-order valence-electron chi connectivity index (χ0n) is 13.2. The summed E-state index contributed by atoms with van der Waals surface area (Å²) < 4.78 is 62.4. The van der Waals surface area contributed by atoms with Crippen molar-refractivity contribution in [3.63, 3.8) is 0 Å². The van der Waals surface area contributed by atoms with Crippen LogP contribution in [0.4, 0.5) is 17.6 Å². The van der Waals surface area contributed by atoms with E-state index < -0.39 is 28.9 Å². The summed E-state index contributed by atoms with van der Waals surface area (Å²) in [5.41, 5.74) is -1.63. The summed E-state index contributed by atoms with van der Waals surface area (Å²) >= 11 is 0. The number of rotatable bonds is 3. The van der Waals surface area contributed by atoms with Gasteiger partial charge in [-0.05, 0) is 37.3 Å². The standard InChI is InChI=1S/C19H13F4NO/c1-11-2-6-16-12(8-11)3-7-17(24-16)19(22,23)18(10-25-18)14-5-4-13(20)9-15(14)21/h2-9H,10H2,1H3. The highest BCUT2D eigenvalue weighted by molar-refractivity contribution is 5.79. The highest BCUT2D eigenvalue weighted by atomic mass is 19.3. The van der Waals surface area contributed by atoms with Gasteiger partial charge in [0.15, 0.2) is 5.60 Å². The molecule has 6 heteroatoms. The minimum atomic E-state index is -3.56.